The molecule has 13 heavy (non-hydrogen) atoms. The summed E-state index contributed by atoms with van der Waals surface area (Å²) in [6.07, 6.45) is 9.86. The lowest BCUT2D eigenvalue weighted by molar-refractivity contribution is 0.326. The maximum absolute atomic E-state index is 2.43. The molecule has 0 bridgehead atoms. The lowest BCUT2D eigenvalue weighted by Gasteiger charge is -2.19. The molecule has 0 amide bonds. The third-order valence-electron chi connectivity index (χ3n) is 3.25. The van der Waals surface area contributed by atoms with E-state index in [-0.39, 0.29) is 0 Å². The van der Waals surface area contributed by atoms with Crippen molar-refractivity contribution < 1.29 is 0 Å². The molecule has 0 saturated carbocycles. The average Bonchev–Trinajstić information content (AvgIpc) is 2.14. The zero-order chi connectivity index (χ0) is 10.1. The molecule has 80 valence electrons. The van der Waals surface area contributed by atoms with Gasteiger partial charge < -0.3 is 0 Å². The fourth-order valence-corrected chi connectivity index (χ4v) is 1.81. The molecule has 2 atom stereocenters. The Balaban J connectivity index is 3.38. The van der Waals surface area contributed by atoms with Gasteiger partial charge in [-0.3, -0.25) is 0 Å². The number of rotatable bonds is 8. The van der Waals surface area contributed by atoms with E-state index in [1.807, 2.05) is 0 Å². The Hall–Kier alpha value is 0. The first-order valence-corrected chi connectivity index (χ1v) is 6.22. The zero-order valence-corrected chi connectivity index (χ0v) is 10.1. The maximum Gasteiger partial charge on any atom is -0.0417 e. The number of hydrogen-bond acceptors (Lipinski definition) is 0. The van der Waals surface area contributed by atoms with Crippen LogP contribution in [0.4, 0.5) is 0 Å². The fraction of sp³-hybridized carbons (Fsp3) is 1.00. The van der Waals surface area contributed by atoms with E-state index in [2.05, 4.69) is 27.7 Å². The lowest BCUT2D eigenvalue weighted by atomic mass is 9.87. The van der Waals surface area contributed by atoms with Crippen molar-refractivity contribution in [3.8, 4) is 0 Å². The summed E-state index contributed by atoms with van der Waals surface area (Å²) in [4.78, 5) is 0. The Morgan fingerprint density at radius 1 is 0.692 bits per heavy atom. The molecule has 0 heteroatoms. The maximum atomic E-state index is 2.43. The van der Waals surface area contributed by atoms with E-state index < -0.39 is 0 Å². The molecule has 0 aliphatic rings. The van der Waals surface area contributed by atoms with Crippen molar-refractivity contribution >= 4 is 0 Å². The fourth-order valence-electron chi connectivity index (χ4n) is 1.81. The van der Waals surface area contributed by atoms with Gasteiger partial charge in [0.2, 0.25) is 0 Å². The third-order valence-corrected chi connectivity index (χ3v) is 3.25. The highest BCUT2D eigenvalue weighted by Gasteiger charge is 2.10. The second-order valence-corrected chi connectivity index (χ2v) is 4.59. The molecule has 0 aromatic heterocycles. The molecule has 0 N–H and O–H groups in total. The molecule has 0 aliphatic carbocycles. The molecule has 0 radical (unpaired) electrons. The summed E-state index contributed by atoms with van der Waals surface area (Å²) in [6, 6.07) is 0. The quantitative estimate of drug-likeness (QED) is 0.464. The largest absolute Gasteiger partial charge is 0.0654 e. The molecule has 0 nitrogen and oxygen atoms in total. The standard InChI is InChI=1S/C13H28/c1-5-7-9-11-13(4)12(3)10-8-6-2/h12-13H,5-11H2,1-4H3. The monoisotopic (exact) mass is 184 g/mol. The number of hydrogen-bond donors (Lipinski definition) is 0. The van der Waals surface area contributed by atoms with Crippen LogP contribution in [0.15, 0.2) is 0 Å². The van der Waals surface area contributed by atoms with Crippen molar-refractivity contribution in [2.45, 2.75) is 72.6 Å². The summed E-state index contributed by atoms with van der Waals surface area (Å²) < 4.78 is 0. The van der Waals surface area contributed by atoms with Crippen molar-refractivity contribution in [3.05, 3.63) is 0 Å². The van der Waals surface area contributed by atoms with E-state index in [4.69, 9.17) is 0 Å². The van der Waals surface area contributed by atoms with Crippen LogP contribution in [-0.2, 0) is 0 Å². The van der Waals surface area contributed by atoms with Gasteiger partial charge in [-0.1, -0.05) is 72.6 Å². The van der Waals surface area contributed by atoms with Gasteiger partial charge in [0.05, 0.1) is 0 Å². The highest BCUT2D eigenvalue weighted by Crippen LogP contribution is 2.22. The van der Waals surface area contributed by atoms with E-state index in [0.29, 0.717) is 0 Å². The van der Waals surface area contributed by atoms with E-state index in [1.54, 1.807) is 0 Å². The van der Waals surface area contributed by atoms with E-state index in [1.165, 1.54) is 44.9 Å². The molecular weight excluding hydrogens is 156 g/mol. The lowest BCUT2D eigenvalue weighted by Crippen LogP contribution is -2.07. The molecule has 0 heterocycles. The van der Waals surface area contributed by atoms with Gasteiger partial charge in [0.15, 0.2) is 0 Å². The van der Waals surface area contributed by atoms with Crippen LogP contribution in [0.25, 0.3) is 0 Å². The van der Waals surface area contributed by atoms with Crippen LogP contribution in [0.1, 0.15) is 72.6 Å². The van der Waals surface area contributed by atoms with Gasteiger partial charge in [-0.25, -0.2) is 0 Å². The smallest absolute Gasteiger partial charge is 0.0417 e. The molecule has 2 unspecified atom stereocenters. The molecule has 0 aromatic rings. The van der Waals surface area contributed by atoms with Crippen LogP contribution < -0.4 is 0 Å². The highest BCUT2D eigenvalue weighted by molar-refractivity contribution is 4.62. The molecule has 0 saturated heterocycles. The average molecular weight is 184 g/mol. The van der Waals surface area contributed by atoms with Crippen LogP contribution in [-0.4, -0.2) is 0 Å². The van der Waals surface area contributed by atoms with Gasteiger partial charge in [0.25, 0.3) is 0 Å². The third kappa shape index (κ3) is 7.10. The zero-order valence-electron chi connectivity index (χ0n) is 10.1. The van der Waals surface area contributed by atoms with Gasteiger partial charge in [-0.2, -0.15) is 0 Å². The molecular formula is C13H28. The summed E-state index contributed by atoms with van der Waals surface area (Å²) in [7, 11) is 0. The Morgan fingerprint density at radius 2 is 1.15 bits per heavy atom. The topological polar surface area (TPSA) is 0 Å². The van der Waals surface area contributed by atoms with Crippen LogP contribution in [0, 0.1) is 11.8 Å². The van der Waals surface area contributed by atoms with Crippen LogP contribution in [0.3, 0.4) is 0 Å². The summed E-state index contributed by atoms with van der Waals surface area (Å²) in [5.41, 5.74) is 0. The van der Waals surface area contributed by atoms with Crippen LogP contribution in [0.2, 0.25) is 0 Å². The summed E-state index contributed by atoms with van der Waals surface area (Å²) >= 11 is 0. The second-order valence-electron chi connectivity index (χ2n) is 4.59. The Morgan fingerprint density at radius 3 is 1.62 bits per heavy atom. The Bertz CT molecular complexity index is 96.2. The van der Waals surface area contributed by atoms with Crippen molar-refractivity contribution in [1.29, 1.82) is 0 Å². The van der Waals surface area contributed by atoms with Gasteiger partial charge >= 0.3 is 0 Å². The van der Waals surface area contributed by atoms with Crippen molar-refractivity contribution in [2.24, 2.45) is 11.8 Å². The van der Waals surface area contributed by atoms with Crippen molar-refractivity contribution in [3.63, 3.8) is 0 Å². The predicted molar refractivity (Wildman–Crippen MR) is 62.0 cm³/mol. The van der Waals surface area contributed by atoms with Gasteiger partial charge in [0.1, 0.15) is 0 Å². The second kappa shape index (κ2) is 8.59. The SMILES string of the molecule is CCCCCC(C)C(C)CCCC. The molecule has 0 aromatic carbocycles. The predicted octanol–water partition coefficient (Wildman–Crippen LogP) is 5.03. The molecule has 0 rings (SSSR count). The molecule has 0 aliphatic heterocycles. The first kappa shape index (κ1) is 13.0. The summed E-state index contributed by atoms with van der Waals surface area (Å²) in [5, 5.41) is 0. The minimum atomic E-state index is 0.941. The Kier molecular flexibility index (Phi) is 8.59. The van der Waals surface area contributed by atoms with E-state index in [0.717, 1.165) is 11.8 Å². The van der Waals surface area contributed by atoms with E-state index >= 15 is 0 Å². The normalized spacial score (nSPS) is 15.7. The minimum absolute atomic E-state index is 0.941. The molecule has 0 fully saturated rings. The van der Waals surface area contributed by atoms with E-state index in [9.17, 15) is 0 Å². The van der Waals surface area contributed by atoms with Gasteiger partial charge in [-0.05, 0) is 11.8 Å². The van der Waals surface area contributed by atoms with Gasteiger partial charge in [0, 0.05) is 0 Å². The summed E-state index contributed by atoms with van der Waals surface area (Å²) in [5.74, 6) is 1.88. The highest BCUT2D eigenvalue weighted by atomic mass is 14.2. The van der Waals surface area contributed by atoms with Gasteiger partial charge in [-0.15, -0.1) is 0 Å². The minimum Gasteiger partial charge on any atom is -0.0654 e. The van der Waals surface area contributed by atoms with Crippen molar-refractivity contribution in [2.75, 3.05) is 0 Å². The molecule has 0 spiro atoms. The van der Waals surface area contributed by atoms with Crippen LogP contribution >= 0.6 is 0 Å². The summed E-state index contributed by atoms with van der Waals surface area (Å²) in [6.45, 7) is 9.42. The first-order valence-electron chi connectivity index (χ1n) is 6.22. The van der Waals surface area contributed by atoms with Crippen LogP contribution in [0.5, 0.6) is 0 Å². The Labute approximate surface area is 85.1 Å². The number of unbranched alkanes of at least 4 members (excludes halogenated alkanes) is 3. The van der Waals surface area contributed by atoms with Crippen molar-refractivity contribution in [1.82, 2.24) is 0 Å². The first-order chi connectivity index (χ1) is 6.22.